The van der Waals surface area contributed by atoms with Gasteiger partial charge in [-0.1, -0.05) is 12.1 Å². The molecule has 3 heteroatoms. The monoisotopic (exact) mass is 261 g/mol. The van der Waals surface area contributed by atoms with Gasteiger partial charge < -0.3 is 10.1 Å². The van der Waals surface area contributed by atoms with Crippen LogP contribution in [0.3, 0.4) is 0 Å². The van der Waals surface area contributed by atoms with Crippen molar-refractivity contribution in [1.82, 2.24) is 5.32 Å². The third-order valence-corrected chi connectivity index (χ3v) is 3.92. The summed E-state index contributed by atoms with van der Waals surface area (Å²) in [6, 6.07) is 12.9. The summed E-state index contributed by atoms with van der Waals surface area (Å²) in [4.78, 5) is 2.69. The number of thiophene rings is 1. The van der Waals surface area contributed by atoms with Crippen molar-refractivity contribution in [3.8, 4) is 5.75 Å². The SMILES string of the molecule is CCOc1ccc(C(NC)c2ccc(C)s2)cc1. The first-order valence-electron chi connectivity index (χ1n) is 6.21. The van der Waals surface area contributed by atoms with Crippen molar-refractivity contribution in [2.75, 3.05) is 13.7 Å². The summed E-state index contributed by atoms with van der Waals surface area (Å²) < 4.78 is 5.47. The molecule has 1 atom stereocenters. The Balaban J connectivity index is 2.22. The van der Waals surface area contributed by atoms with Crippen molar-refractivity contribution in [2.24, 2.45) is 0 Å². The maximum Gasteiger partial charge on any atom is 0.119 e. The van der Waals surface area contributed by atoms with Crippen LogP contribution in [0.25, 0.3) is 0 Å². The van der Waals surface area contributed by atoms with Crippen molar-refractivity contribution in [2.45, 2.75) is 19.9 Å². The lowest BCUT2D eigenvalue weighted by molar-refractivity contribution is 0.340. The van der Waals surface area contributed by atoms with Crippen LogP contribution in [-0.2, 0) is 0 Å². The van der Waals surface area contributed by atoms with Crippen molar-refractivity contribution in [3.05, 3.63) is 51.7 Å². The van der Waals surface area contributed by atoms with E-state index in [1.165, 1.54) is 15.3 Å². The van der Waals surface area contributed by atoms with Gasteiger partial charge in [-0.15, -0.1) is 11.3 Å². The quantitative estimate of drug-likeness (QED) is 0.884. The van der Waals surface area contributed by atoms with Gasteiger partial charge in [0.2, 0.25) is 0 Å². The molecule has 0 aliphatic rings. The Morgan fingerprint density at radius 2 is 1.89 bits per heavy atom. The van der Waals surface area contributed by atoms with Gasteiger partial charge in [0.15, 0.2) is 0 Å². The predicted molar refractivity (Wildman–Crippen MR) is 77.6 cm³/mol. The molecule has 0 fully saturated rings. The van der Waals surface area contributed by atoms with Crippen molar-refractivity contribution in [3.63, 3.8) is 0 Å². The lowest BCUT2D eigenvalue weighted by Crippen LogP contribution is -2.16. The molecule has 1 N–H and O–H groups in total. The normalized spacial score (nSPS) is 12.4. The smallest absolute Gasteiger partial charge is 0.119 e. The van der Waals surface area contributed by atoms with Crippen LogP contribution in [0.5, 0.6) is 5.75 Å². The van der Waals surface area contributed by atoms with Crippen molar-refractivity contribution < 1.29 is 4.74 Å². The number of aryl methyl sites for hydroxylation is 1. The summed E-state index contributed by atoms with van der Waals surface area (Å²) in [5, 5.41) is 3.37. The molecule has 0 bridgehead atoms. The number of ether oxygens (including phenoxy) is 1. The second-order valence-electron chi connectivity index (χ2n) is 4.17. The topological polar surface area (TPSA) is 21.3 Å². The molecule has 96 valence electrons. The summed E-state index contributed by atoms with van der Waals surface area (Å²) in [5.74, 6) is 0.929. The summed E-state index contributed by atoms with van der Waals surface area (Å²) in [5.41, 5.74) is 1.27. The highest BCUT2D eigenvalue weighted by molar-refractivity contribution is 7.12. The van der Waals surface area contributed by atoms with E-state index in [1.807, 2.05) is 37.4 Å². The molecule has 0 aliphatic heterocycles. The summed E-state index contributed by atoms with van der Waals surface area (Å²) in [6.45, 7) is 4.84. The maximum atomic E-state index is 5.47. The van der Waals surface area contributed by atoms with Crippen LogP contribution in [0.15, 0.2) is 36.4 Å². The molecule has 1 aromatic carbocycles. The number of rotatable bonds is 5. The van der Waals surface area contributed by atoms with Crippen LogP contribution in [0.1, 0.15) is 28.3 Å². The van der Waals surface area contributed by atoms with Gasteiger partial charge in [-0.25, -0.2) is 0 Å². The van der Waals surface area contributed by atoms with Crippen LogP contribution >= 0.6 is 11.3 Å². The first kappa shape index (κ1) is 13.1. The molecule has 0 radical (unpaired) electrons. The van der Waals surface area contributed by atoms with Crippen LogP contribution in [0.4, 0.5) is 0 Å². The first-order chi connectivity index (χ1) is 8.74. The highest BCUT2D eigenvalue weighted by Gasteiger charge is 2.13. The molecule has 0 spiro atoms. The zero-order valence-corrected chi connectivity index (χ0v) is 11.9. The molecule has 18 heavy (non-hydrogen) atoms. The van der Waals surface area contributed by atoms with Gasteiger partial charge in [-0.05, 0) is 50.7 Å². The summed E-state index contributed by atoms with van der Waals surface area (Å²) >= 11 is 1.84. The van der Waals surface area contributed by atoms with Gasteiger partial charge in [0.25, 0.3) is 0 Å². The van der Waals surface area contributed by atoms with E-state index < -0.39 is 0 Å². The molecule has 2 aromatic rings. The summed E-state index contributed by atoms with van der Waals surface area (Å²) in [6.07, 6.45) is 0. The van der Waals surface area contributed by atoms with E-state index in [0.29, 0.717) is 6.61 Å². The van der Waals surface area contributed by atoms with E-state index in [2.05, 4.69) is 36.5 Å². The van der Waals surface area contributed by atoms with Gasteiger partial charge in [0.1, 0.15) is 5.75 Å². The lowest BCUT2D eigenvalue weighted by atomic mass is 10.1. The van der Waals surface area contributed by atoms with Crippen LogP contribution in [0, 0.1) is 6.92 Å². The summed E-state index contributed by atoms with van der Waals surface area (Å²) in [7, 11) is 2.00. The Morgan fingerprint density at radius 1 is 1.17 bits per heavy atom. The molecule has 1 aromatic heterocycles. The standard InChI is InChI=1S/C15H19NOS/c1-4-17-13-8-6-12(7-9-13)15(16-3)14-10-5-11(2)18-14/h5-10,15-16H,4H2,1-3H3. The Labute approximate surface area is 113 Å². The zero-order valence-electron chi connectivity index (χ0n) is 11.1. The van der Waals surface area contributed by atoms with Crippen molar-refractivity contribution in [1.29, 1.82) is 0 Å². The minimum atomic E-state index is 0.263. The third kappa shape index (κ3) is 2.92. The van der Waals surface area contributed by atoms with E-state index in [0.717, 1.165) is 5.75 Å². The second kappa shape index (κ2) is 6.03. The lowest BCUT2D eigenvalue weighted by Gasteiger charge is -2.15. The van der Waals surface area contributed by atoms with E-state index in [-0.39, 0.29) is 6.04 Å². The Hall–Kier alpha value is -1.32. The number of hydrogen-bond donors (Lipinski definition) is 1. The third-order valence-electron chi connectivity index (χ3n) is 2.86. The molecule has 0 saturated heterocycles. The predicted octanol–water partition coefficient (Wildman–Crippen LogP) is 3.76. The van der Waals surface area contributed by atoms with Crippen LogP contribution in [-0.4, -0.2) is 13.7 Å². The molecule has 0 saturated carbocycles. The van der Waals surface area contributed by atoms with Gasteiger partial charge in [-0.2, -0.15) is 0 Å². The fraction of sp³-hybridized carbons (Fsp3) is 0.333. The average molecular weight is 261 g/mol. The minimum absolute atomic E-state index is 0.263. The fourth-order valence-electron chi connectivity index (χ4n) is 2.00. The molecule has 2 nitrogen and oxygen atoms in total. The van der Waals surface area contributed by atoms with E-state index in [1.54, 1.807) is 0 Å². The second-order valence-corrected chi connectivity index (χ2v) is 5.49. The van der Waals surface area contributed by atoms with Crippen LogP contribution < -0.4 is 10.1 Å². The highest BCUT2D eigenvalue weighted by Crippen LogP contribution is 2.28. The molecule has 2 rings (SSSR count). The van der Waals surface area contributed by atoms with Gasteiger partial charge >= 0.3 is 0 Å². The highest BCUT2D eigenvalue weighted by atomic mass is 32.1. The van der Waals surface area contributed by atoms with Gasteiger partial charge in [-0.3, -0.25) is 0 Å². The zero-order chi connectivity index (χ0) is 13.0. The molecular weight excluding hydrogens is 242 g/mol. The molecule has 0 amide bonds. The first-order valence-corrected chi connectivity index (χ1v) is 7.02. The fourth-order valence-corrected chi connectivity index (χ4v) is 3.02. The Morgan fingerprint density at radius 3 is 2.39 bits per heavy atom. The number of hydrogen-bond acceptors (Lipinski definition) is 3. The van der Waals surface area contributed by atoms with Gasteiger partial charge in [0.05, 0.1) is 12.6 Å². The molecule has 0 aliphatic carbocycles. The van der Waals surface area contributed by atoms with Gasteiger partial charge in [0, 0.05) is 9.75 Å². The molecular formula is C15H19NOS. The maximum absolute atomic E-state index is 5.47. The van der Waals surface area contributed by atoms with E-state index in [4.69, 9.17) is 4.74 Å². The average Bonchev–Trinajstić information content (AvgIpc) is 2.79. The Kier molecular flexibility index (Phi) is 4.39. The molecule has 1 unspecified atom stereocenters. The Bertz CT molecular complexity index is 489. The molecule has 1 heterocycles. The van der Waals surface area contributed by atoms with E-state index in [9.17, 15) is 0 Å². The number of benzene rings is 1. The van der Waals surface area contributed by atoms with Crippen molar-refractivity contribution >= 4 is 11.3 Å². The van der Waals surface area contributed by atoms with Crippen LogP contribution in [0.2, 0.25) is 0 Å². The largest absolute Gasteiger partial charge is 0.494 e. The number of nitrogens with one attached hydrogen (secondary N) is 1. The van der Waals surface area contributed by atoms with E-state index >= 15 is 0 Å². The minimum Gasteiger partial charge on any atom is -0.494 e.